The highest BCUT2D eigenvalue weighted by Gasteiger charge is 2.49. The zero-order chi connectivity index (χ0) is 14.2. The molecule has 0 aliphatic carbocycles. The van der Waals surface area contributed by atoms with Crippen molar-refractivity contribution in [3.05, 3.63) is 0 Å². The number of carbonyl (C=O) groups is 2. The Labute approximate surface area is 108 Å². The SMILES string of the molecule is CCOC(=O)C(C#N)(CCC(C)C)C(=O)OCC. The molecular formula is C13H21NO4. The second kappa shape index (κ2) is 7.70. The van der Waals surface area contributed by atoms with Crippen molar-refractivity contribution in [2.45, 2.75) is 40.5 Å². The summed E-state index contributed by atoms with van der Waals surface area (Å²) in [4.78, 5) is 23.8. The number of esters is 2. The number of hydrogen-bond acceptors (Lipinski definition) is 5. The van der Waals surface area contributed by atoms with Crippen molar-refractivity contribution in [2.24, 2.45) is 11.3 Å². The van der Waals surface area contributed by atoms with E-state index in [-0.39, 0.29) is 25.6 Å². The molecule has 0 aromatic rings. The van der Waals surface area contributed by atoms with Crippen molar-refractivity contribution in [1.82, 2.24) is 0 Å². The molecule has 18 heavy (non-hydrogen) atoms. The summed E-state index contributed by atoms with van der Waals surface area (Å²) in [5.41, 5.74) is -1.82. The number of rotatable bonds is 7. The third kappa shape index (κ3) is 4.02. The third-order valence-corrected chi connectivity index (χ3v) is 2.54. The maximum atomic E-state index is 11.9. The fourth-order valence-corrected chi connectivity index (χ4v) is 1.45. The summed E-state index contributed by atoms with van der Waals surface area (Å²) < 4.78 is 9.67. The Hall–Kier alpha value is -1.57. The van der Waals surface area contributed by atoms with Crippen LogP contribution in [0.25, 0.3) is 0 Å². The highest BCUT2D eigenvalue weighted by molar-refractivity contribution is 6.03. The summed E-state index contributed by atoms with van der Waals surface area (Å²) in [6.07, 6.45) is 0.698. The van der Waals surface area contributed by atoms with Gasteiger partial charge < -0.3 is 9.47 Å². The average Bonchev–Trinajstić information content (AvgIpc) is 2.30. The zero-order valence-electron chi connectivity index (χ0n) is 11.5. The summed E-state index contributed by atoms with van der Waals surface area (Å²) in [6.45, 7) is 7.44. The molecule has 0 atom stereocenters. The molecule has 0 aliphatic heterocycles. The topological polar surface area (TPSA) is 76.4 Å². The molecule has 0 aromatic carbocycles. The standard InChI is InChI=1S/C13H21NO4/c1-5-17-11(15)13(9-14,8-7-10(3)4)12(16)18-6-2/h10H,5-8H2,1-4H3. The van der Waals surface area contributed by atoms with Crippen LogP contribution >= 0.6 is 0 Å². The van der Waals surface area contributed by atoms with E-state index in [0.29, 0.717) is 6.42 Å². The predicted molar refractivity (Wildman–Crippen MR) is 65.4 cm³/mol. The van der Waals surface area contributed by atoms with Crippen molar-refractivity contribution >= 4 is 11.9 Å². The van der Waals surface area contributed by atoms with Crippen molar-refractivity contribution in [3.63, 3.8) is 0 Å². The van der Waals surface area contributed by atoms with E-state index in [4.69, 9.17) is 9.47 Å². The molecule has 102 valence electrons. The van der Waals surface area contributed by atoms with Crippen LogP contribution in [0, 0.1) is 22.7 Å². The Kier molecular flexibility index (Phi) is 7.03. The number of nitrogens with zero attached hydrogens (tertiary/aromatic N) is 1. The molecule has 5 nitrogen and oxygen atoms in total. The van der Waals surface area contributed by atoms with E-state index in [2.05, 4.69) is 0 Å². The highest BCUT2D eigenvalue weighted by atomic mass is 16.6. The molecule has 0 aliphatic rings. The minimum Gasteiger partial charge on any atom is -0.464 e. The summed E-state index contributed by atoms with van der Waals surface area (Å²) in [7, 11) is 0. The van der Waals surface area contributed by atoms with Gasteiger partial charge in [-0.15, -0.1) is 0 Å². The van der Waals surface area contributed by atoms with Crippen molar-refractivity contribution in [2.75, 3.05) is 13.2 Å². The van der Waals surface area contributed by atoms with Crippen molar-refractivity contribution in [1.29, 1.82) is 5.26 Å². The minimum absolute atomic E-state index is 0.124. The lowest BCUT2D eigenvalue weighted by atomic mass is 9.82. The highest BCUT2D eigenvalue weighted by Crippen LogP contribution is 2.29. The molecule has 0 amide bonds. The van der Waals surface area contributed by atoms with Crippen LogP contribution in [0.1, 0.15) is 40.5 Å². The van der Waals surface area contributed by atoms with Crippen LogP contribution in [0.3, 0.4) is 0 Å². The van der Waals surface area contributed by atoms with Gasteiger partial charge in [0, 0.05) is 0 Å². The molecule has 0 N–H and O–H groups in total. The van der Waals surface area contributed by atoms with Gasteiger partial charge in [-0.2, -0.15) is 5.26 Å². The van der Waals surface area contributed by atoms with Gasteiger partial charge in [-0.1, -0.05) is 13.8 Å². The van der Waals surface area contributed by atoms with E-state index in [9.17, 15) is 14.9 Å². The Morgan fingerprint density at radius 3 is 1.89 bits per heavy atom. The van der Waals surface area contributed by atoms with Crippen LogP contribution in [-0.4, -0.2) is 25.2 Å². The van der Waals surface area contributed by atoms with Gasteiger partial charge in [0.15, 0.2) is 0 Å². The second-order valence-corrected chi connectivity index (χ2v) is 4.39. The van der Waals surface area contributed by atoms with Gasteiger partial charge in [0.2, 0.25) is 5.41 Å². The lowest BCUT2D eigenvalue weighted by Crippen LogP contribution is -2.41. The smallest absolute Gasteiger partial charge is 0.338 e. The van der Waals surface area contributed by atoms with Gasteiger partial charge in [0.25, 0.3) is 0 Å². The minimum atomic E-state index is -1.82. The lowest BCUT2D eigenvalue weighted by molar-refractivity contribution is -0.168. The first-order valence-electron chi connectivity index (χ1n) is 6.20. The zero-order valence-corrected chi connectivity index (χ0v) is 11.5. The van der Waals surface area contributed by atoms with Crippen LogP contribution in [0.15, 0.2) is 0 Å². The fourth-order valence-electron chi connectivity index (χ4n) is 1.45. The summed E-state index contributed by atoms with van der Waals surface area (Å²) >= 11 is 0. The predicted octanol–water partition coefficient (Wildman–Crippen LogP) is 2.06. The summed E-state index contributed by atoms with van der Waals surface area (Å²) in [5, 5.41) is 9.23. The fraction of sp³-hybridized carbons (Fsp3) is 0.769. The van der Waals surface area contributed by atoms with Crippen molar-refractivity contribution < 1.29 is 19.1 Å². The molecule has 0 bridgehead atoms. The first-order chi connectivity index (χ1) is 8.44. The van der Waals surface area contributed by atoms with E-state index in [0.717, 1.165) is 0 Å². The van der Waals surface area contributed by atoms with Crippen LogP contribution in [0.5, 0.6) is 0 Å². The van der Waals surface area contributed by atoms with E-state index in [1.54, 1.807) is 19.9 Å². The quantitative estimate of drug-likeness (QED) is 0.514. The van der Waals surface area contributed by atoms with Gasteiger partial charge >= 0.3 is 11.9 Å². The Morgan fingerprint density at radius 1 is 1.17 bits per heavy atom. The molecule has 0 aromatic heterocycles. The molecule has 0 heterocycles. The van der Waals surface area contributed by atoms with Gasteiger partial charge in [0.1, 0.15) is 0 Å². The van der Waals surface area contributed by atoms with E-state index in [1.165, 1.54) is 0 Å². The normalized spacial score (nSPS) is 10.9. The molecule has 0 unspecified atom stereocenters. The van der Waals surface area contributed by atoms with Crippen LogP contribution < -0.4 is 0 Å². The van der Waals surface area contributed by atoms with Gasteiger partial charge in [-0.3, -0.25) is 0 Å². The van der Waals surface area contributed by atoms with Crippen LogP contribution in [0.2, 0.25) is 0 Å². The maximum Gasteiger partial charge on any atom is 0.338 e. The molecule has 0 saturated heterocycles. The Balaban J connectivity index is 5.14. The average molecular weight is 255 g/mol. The van der Waals surface area contributed by atoms with Gasteiger partial charge in [-0.05, 0) is 32.6 Å². The molecule has 0 radical (unpaired) electrons. The Bertz CT molecular complexity index is 312. The van der Waals surface area contributed by atoms with E-state index < -0.39 is 17.4 Å². The number of ether oxygens (including phenoxy) is 2. The molecule has 5 heteroatoms. The largest absolute Gasteiger partial charge is 0.464 e. The van der Waals surface area contributed by atoms with E-state index in [1.807, 2.05) is 13.8 Å². The maximum absolute atomic E-state index is 11.9. The molecule has 0 fully saturated rings. The lowest BCUT2D eigenvalue weighted by Gasteiger charge is -2.22. The first kappa shape index (κ1) is 16.4. The first-order valence-corrected chi connectivity index (χ1v) is 6.20. The van der Waals surface area contributed by atoms with Gasteiger partial charge in [0.05, 0.1) is 19.3 Å². The molecular weight excluding hydrogens is 234 g/mol. The number of hydrogen-bond donors (Lipinski definition) is 0. The van der Waals surface area contributed by atoms with E-state index >= 15 is 0 Å². The number of carbonyl (C=O) groups excluding carboxylic acids is 2. The second-order valence-electron chi connectivity index (χ2n) is 4.39. The van der Waals surface area contributed by atoms with Gasteiger partial charge in [-0.25, -0.2) is 9.59 Å². The summed E-state index contributed by atoms with van der Waals surface area (Å²) in [6, 6.07) is 1.79. The van der Waals surface area contributed by atoms with Crippen LogP contribution in [-0.2, 0) is 19.1 Å². The number of nitriles is 1. The monoisotopic (exact) mass is 255 g/mol. The third-order valence-electron chi connectivity index (χ3n) is 2.54. The molecule has 0 saturated carbocycles. The Morgan fingerprint density at radius 2 is 1.61 bits per heavy atom. The summed E-state index contributed by atoms with van der Waals surface area (Å²) in [5.74, 6) is -1.35. The van der Waals surface area contributed by atoms with Crippen LogP contribution in [0.4, 0.5) is 0 Å². The molecule has 0 spiro atoms. The van der Waals surface area contributed by atoms with Crippen molar-refractivity contribution in [3.8, 4) is 6.07 Å². The molecule has 0 rings (SSSR count).